The van der Waals surface area contributed by atoms with E-state index in [9.17, 15) is 4.79 Å². The maximum Gasteiger partial charge on any atom is 0.253 e. The van der Waals surface area contributed by atoms with Crippen LogP contribution >= 0.6 is 12.2 Å². The zero-order valence-electron chi connectivity index (χ0n) is 9.15. The van der Waals surface area contributed by atoms with Crippen molar-refractivity contribution in [1.82, 2.24) is 9.55 Å². The highest BCUT2D eigenvalue weighted by atomic mass is 32.1. The Morgan fingerprint density at radius 1 is 1.67 bits per heavy atom. The minimum Gasteiger partial charge on any atom is -0.393 e. The first-order valence-electron chi connectivity index (χ1n) is 4.76. The van der Waals surface area contributed by atoms with Gasteiger partial charge in [0.2, 0.25) is 0 Å². The maximum atomic E-state index is 11.7. The lowest BCUT2D eigenvalue weighted by atomic mass is 10.2. The van der Waals surface area contributed by atoms with E-state index in [0.29, 0.717) is 17.4 Å². The van der Waals surface area contributed by atoms with Crippen molar-refractivity contribution in [2.45, 2.75) is 27.3 Å². The number of thiocarbonyl (C=S) groups is 1. The molecule has 1 aromatic rings. The molecule has 0 aliphatic carbocycles. The fraction of sp³-hybridized carbons (Fsp3) is 0.500. The number of aryl methyl sites for hydroxylation is 2. The number of nitrogens with two attached hydrogens (primary N) is 1. The van der Waals surface area contributed by atoms with Crippen LogP contribution < -0.4 is 11.3 Å². The highest BCUT2D eigenvalue weighted by Gasteiger charge is 2.09. The van der Waals surface area contributed by atoms with Gasteiger partial charge in [0.15, 0.2) is 0 Å². The summed E-state index contributed by atoms with van der Waals surface area (Å²) in [6, 6.07) is 1.51. The van der Waals surface area contributed by atoms with Crippen LogP contribution in [-0.2, 0) is 6.54 Å². The summed E-state index contributed by atoms with van der Waals surface area (Å²) in [4.78, 5) is 16.3. The van der Waals surface area contributed by atoms with Gasteiger partial charge in [-0.25, -0.2) is 4.98 Å². The average molecular weight is 225 g/mol. The summed E-state index contributed by atoms with van der Waals surface area (Å²) in [6.45, 7) is 6.00. The summed E-state index contributed by atoms with van der Waals surface area (Å²) >= 11 is 4.87. The molecule has 1 heterocycles. The summed E-state index contributed by atoms with van der Waals surface area (Å²) < 4.78 is 1.59. The molecule has 0 fully saturated rings. The molecule has 82 valence electrons. The molecule has 0 bridgehead atoms. The maximum absolute atomic E-state index is 11.7. The minimum atomic E-state index is -0.0527. The standard InChI is InChI=1S/C10H15N3OS/c1-6(10(11)15)5-13-8(3)12-7(2)4-9(13)14/h4,6H,5H2,1-3H3,(H2,11,15). The number of nitrogens with zero attached hydrogens (tertiary/aromatic N) is 2. The van der Waals surface area contributed by atoms with Gasteiger partial charge >= 0.3 is 0 Å². The molecule has 2 N–H and O–H groups in total. The molecule has 0 spiro atoms. The van der Waals surface area contributed by atoms with E-state index in [0.717, 1.165) is 5.69 Å². The Morgan fingerprint density at radius 3 is 2.73 bits per heavy atom. The minimum absolute atomic E-state index is 0.000839. The van der Waals surface area contributed by atoms with Crippen LogP contribution in [0.4, 0.5) is 0 Å². The van der Waals surface area contributed by atoms with Gasteiger partial charge in [-0.2, -0.15) is 0 Å². The molecule has 15 heavy (non-hydrogen) atoms. The Labute approximate surface area is 94.1 Å². The van der Waals surface area contributed by atoms with Crippen LogP contribution in [0, 0.1) is 19.8 Å². The van der Waals surface area contributed by atoms with Crippen LogP contribution in [0.5, 0.6) is 0 Å². The summed E-state index contributed by atoms with van der Waals surface area (Å²) in [5.74, 6) is 0.698. The Bertz CT molecular complexity index is 439. The number of hydrogen-bond donors (Lipinski definition) is 1. The highest BCUT2D eigenvalue weighted by molar-refractivity contribution is 7.80. The van der Waals surface area contributed by atoms with Crippen molar-refractivity contribution in [2.75, 3.05) is 0 Å². The van der Waals surface area contributed by atoms with E-state index in [1.807, 2.05) is 6.92 Å². The zero-order valence-corrected chi connectivity index (χ0v) is 9.97. The van der Waals surface area contributed by atoms with E-state index in [2.05, 4.69) is 4.98 Å². The third kappa shape index (κ3) is 2.86. The molecule has 0 aromatic carbocycles. The van der Waals surface area contributed by atoms with Crippen molar-refractivity contribution < 1.29 is 0 Å². The number of rotatable bonds is 3. The predicted octanol–water partition coefficient (Wildman–Crippen LogP) is 0.782. The molecule has 5 heteroatoms. The van der Waals surface area contributed by atoms with Gasteiger partial charge in [0.05, 0.1) is 4.99 Å². The van der Waals surface area contributed by atoms with Crippen LogP contribution in [0.3, 0.4) is 0 Å². The quantitative estimate of drug-likeness (QED) is 0.772. The van der Waals surface area contributed by atoms with Crippen LogP contribution in [0.25, 0.3) is 0 Å². The van der Waals surface area contributed by atoms with Crippen molar-refractivity contribution >= 4 is 17.2 Å². The molecule has 1 unspecified atom stereocenters. The summed E-state index contributed by atoms with van der Waals surface area (Å²) in [7, 11) is 0. The average Bonchev–Trinajstić information content (AvgIpc) is 2.10. The molecule has 0 aliphatic heterocycles. The fourth-order valence-electron chi connectivity index (χ4n) is 1.35. The lowest BCUT2D eigenvalue weighted by Crippen LogP contribution is -2.30. The van der Waals surface area contributed by atoms with E-state index < -0.39 is 0 Å². The Morgan fingerprint density at radius 2 is 2.27 bits per heavy atom. The summed E-state index contributed by atoms with van der Waals surface area (Å²) in [5, 5.41) is 0. The first-order chi connectivity index (χ1) is 6.91. The van der Waals surface area contributed by atoms with E-state index in [-0.39, 0.29) is 11.5 Å². The van der Waals surface area contributed by atoms with Gasteiger partial charge in [-0.1, -0.05) is 19.1 Å². The van der Waals surface area contributed by atoms with Gasteiger partial charge in [0.1, 0.15) is 5.82 Å². The zero-order chi connectivity index (χ0) is 11.6. The summed E-state index contributed by atoms with van der Waals surface area (Å²) in [6.07, 6.45) is 0. The van der Waals surface area contributed by atoms with Gasteiger partial charge in [0.25, 0.3) is 5.56 Å². The molecule has 0 radical (unpaired) electrons. The molecule has 1 aromatic heterocycles. The second-order valence-electron chi connectivity index (χ2n) is 3.70. The molecule has 0 aliphatic rings. The van der Waals surface area contributed by atoms with Crippen LogP contribution in [-0.4, -0.2) is 14.5 Å². The van der Waals surface area contributed by atoms with E-state index >= 15 is 0 Å². The van der Waals surface area contributed by atoms with Crippen molar-refractivity contribution in [3.63, 3.8) is 0 Å². The summed E-state index contributed by atoms with van der Waals surface area (Å²) in [5.41, 5.74) is 6.19. The Balaban J connectivity index is 3.05. The Hall–Kier alpha value is -1.23. The van der Waals surface area contributed by atoms with Gasteiger partial charge in [-0.15, -0.1) is 0 Å². The monoisotopic (exact) mass is 225 g/mol. The third-order valence-electron chi connectivity index (χ3n) is 2.27. The third-order valence-corrected chi connectivity index (χ3v) is 2.67. The molecule has 1 atom stereocenters. The van der Waals surface area contributed by atoms with Crippen LogP contribution in [0.1, 0.15) is 18.4 Å². The van der Waals surface area contributed by atoms with Gasteiger partial charge in [-0.3, -0.25) is 9.36 Å². The first kappa shape index (κ1) is 11.8. The smallest absolute Gasteiger partial charge is 0.253 e. The molecule has 0 amide bonds. The largest absolute Gasteiger partial charge is 0.393 e. The van der Waals surface area contributed by atoms with E-state index in [1.54, 1.807) is 18.4 Å². The first-order valence-corrected chi connectivity index (χ1v) is 5.17. The van der Waals surface area contributed by atoms with E-state index in [4.69, 9.17) is 18.0 Å². The SMILES string of the molecule is Cc1cc(=O)n(CC(C)C(N)=S)c(C)n1. The second kappa shape index (κ2) is 4.53. The molecule has 4 nitrogen and oxygen atoms in total. The van der Waals surface area contributed by atoms with Crippen molar-refractivity contribution in [1.29, 1.82) is 0 Å². The van der Waals surface area contributed by atoms with Crippen molar-refractivity contribution in [3.8, 4) is 0 Å². The topological polar surface area (TPSA) is 60.9 Å². The molecule has 0 saturated heterocycles. The Kier molecular flexibility index (Phi) is 3.57. The second-order valence-corrected chi connectivity index (χ2v) is 4.17. The van der Waals surface area contributed by atoms with Gasteiger partial charge in [-0.05, 0) is 13.8 Å². The molecular formula is C10H15N3OS. The fourth-order valence-corrected chi connectivity index (χ4v) is 1.42. The molecular weight excluding hydrogens is 210 g/mol. The van der Waals surface area contributed by atoms with Gasteiger partial charge in [0, 0.05) is 24.2 Å². The van der Waals surface area contributed by atoms with Crippen LogP contribution in [0.15, 0.2) is 10.9 Å². The number of hydrogen-bond acceptors (Lipinski definition) is 3. The number of aromatic nitrogens is 2. The predicted molar refractivity (Wildman–Crippen MR) is 63.9 cm³/mol. The lowest BCUT2D eigenvalue weighted by molar-refractivity contribution is 0.554. The molecule has 1 rings (SSSR count). The lowest BCUT2D eigenvalue weighted by Gasteiger charge is -2.14. The normalized spacial score (nSPS) is 12.5. The molecule has 0 saturated carbocycles. The van der Waals surface area contributed by atoms with Crippen LogP contribution in [0.2, 0.25) is 0 Å². The van der Waals surface area contributed by atoms with Gasteiger partial charge < -0.3 is 5.73 Å². The van der Waals surface area contributed by atoms with E-state index in [1.165, 1.54) is 6.07 Å². The highest BCUT2D eigenvalue weighted by Crippen LogP contribution is 2.01. The van der Waals surface area contributed by atoms with Crippen molar-refractivity contribution in [2.24, 2.45) is 11.7 Å². The van der Waals surface area contributed by atoms with Crippen molar-refractivity contribution in [3.05, 3.63) is 27.9 Å².